The van der Waals surface area contributed by atoms with Gasteiger partial charge in [0.15, 0.2) is 0 Å². The average molecular weight is 304 g/mol. The Morgan fingerprint density at radius 3 is 2.65 bits per heavy atom. The van der Waals surface area contributed by atoms with Crippen molar-refractivity contribution in [2.45, 2.75) is 26.2 Å². The second-order valence-corrected chi connectivity index (χ2v) is 8.46. The van der Waals surface area contributed by atoms with E-state index in [1.807, 2.05) is 0 Å². The number of hydrogen-bond acceptors (Lipinski definition) is 4. The van der Waals surface area contributed by atoms with E-state index in [9.17, 15) is 18.3 Å². The van der Waals surface area contributed by atoms with Crippen molar-refractivity contribution in [2.24, 2.45) is 11.3 Å². The van der Waals surface area contributed by atoms with E-state index in [1.165, 1.54) is 6.26 Å². The van der Waals surface area contributed by atoms with Crippen molar-refractivity contribution in [2.75, 3.05) is 39.0 Å². The van der Waals surface area contributed by atoms with E-state index in [0.717, 1.165) is 25.9 Å². The first-order chi connectivity index (χ1) is 9.21. The molecular formula is C13H24N2O4S. The Morgan fingerprint density at radius 1 is 1.40 bits per heavy atom. The summed E-state index contributed by atoms with van der Waals surface area (Å²) in [6.45, 7) is 5.13. The predicted octanol–water partition coefficient (Wildman–Crippen LogP) is 0.455. The van der Waals surface area contributed by atoms with E-state index in [-0.39, 0.29) is 0 Å². The molecule has 6 nitrogen and oxygen atoms in total. The smallest absolute Gasteiger partial charge is 0.310 e. The van der Waals surface area contributed by atoms with Gasteiger partial charge in [-0.15, -0.1) is 0 Å². The molecule has 0 aliphatic carbocycles. The molecule has 0 amide bonds. The third-order valence-electron chi connectivity index (χ3n) is 4.54. The van der Waals surface area contributed by atoms with Crippen molar-refractivity contribution in [3.05, 3.63) is 0 Å². The van der Waals surface area contributed by atoms with E-state index in [1.54, 1.807) is 11.2 Å². The normalized spacial score (nSPS) is 33.4. The van der Waals surface area contributed by atoms with Gasteiger partial charge in [-0.25, -0.2) is 12.7 Å². The molecule has 20 heavy (non-hydrogen) atoms. The Morgan fingerprint density at radius 2 is 2.10 bits per heavy atom. The lowest BCUT2D eigenvalue weighted by atomic mass is 9.90. The molecular weight excluding hydrogens is 280 g/mol. The molecule has 2 aliphatic rings. The molecule has 2 aliphatic heterocycles. The maximum Gasteiger partial charge on any atom is 0.310 e. The molecule has 1 N–H and O–H groups in total. The summed E-state index contributed by atoms with van der Waals surface area (Å²) in [6.07, 6.45) is 3.84. The highest BCUT2D eigenvalue weighted by molar-refractivity contribution is 7.88. The van der Waals surface area contributed by atoms with Crippen molar-refractivity contribution < 1.29 is 18.3 Å². The van der Waals surface area contributed by atoms with Crippen LogP contribution in [0.25, 0.3) is 0 Å². The molecule has 2 unspecified atom stereocenters. The van der Waals surface area contributed by atoms with Gasteiger partial charge >= 0.3 is 5.97 Å². The molecule has 0 aromatic heterocycles. The van der Waals surface area contributed by atoms with E-state index >= 15 is 0 Å². The van der Waals surface area contributed by atoms with Crippen LogP contribution in [0, 0.1) is 11.3 Å². The maximum absolute atomic E-state index is 11.6. The second kappa shape index (κ2) is 5.61. The quantitative estimate of drug-likeness (QED) is 0.816. The highest BCUT2D eigenvalue weighted by Crippen LogP contribution is 2.31. The first-order valence-corrected chi connectivity index (χ1v) is 8.96. The molecule has 2 rings (SSSR count). The first kappa shape index (κ1) is 15.7. The van der Waals surface area contributed by atoms with Crippen molar-refractivity contribution in [3.63, 3.8) is 0 Å². The molecule has 2 saturated heterocycles. The molecule has 0 spiro atoms. The van der Waals surface area contributed by atoms with Crippen LogP contribution in [0.4, 0.5) is 0 Å². The Labute approximate surface area is 120 Å². The summed E-state index contributed by atoms with van der Waals surface area (Å²) in [5.41, 5.74) is -0.648. The fourth-order valence-corrected chi connectivity index (χ4v) is 4.17. The van der Waals surface area contributed by atoms with Crippen LogP contribution in [0.2, 0.25) is 0 Å². The molecule has 116 valence electrons. The van der Waals surface area contributed by atoms with Gasteiger partial charge in [-0.3, -0.25) is 4.79 Å². The van der Waals surface area contributed by atoms with E-state index in [4.69, 9.17) is 0 Å². The van der Waals surface area contributed by atoms with Crippen molar-refractivity contribution in [1.82, 2.24) is 9.21 Å². The van der Waals surface area contributed by atoms with Crippen molar-refractivity contribution in [1.29, 1.82) is 0 Å². The Hall–Kier alpha value is -0.660. The number of piperidine rings is 1. The largest absolute Gasteiger partial charge is 0.481 e. The molecule has 0 aromatic carbocycles. The third kappa shape index (κ3) is 3.51. The number of carbonyl (C=O) groups is 1. The van der Waals surface area contributed by atoms with Gasteiger partial charge in [-0.1, -0.05) is 0 Å². The molecule has 0 radical (unpaired) electrons. The molecule has 0 saturated carbocycles. The van der Waals surface area contributed by atoms with Crippen LogP contribution in [0.3, 0.4) is 0 Å². The van der Waals surface area contributed by atoms with Crippen LogP contribution >= 0.6 is 0 Å². The zero-order valence-electron chi connectivity index (χ0n) is 12.2. The van der Waals surface area contributed by atoms with E-state index in [0.29, 0.717) is 32.0 Å². The molecule has 0 bridgehead atoms. The highest BCUT2D eigenvalue weighted by Gasteiger charge is 2.41. The Balaban J connectivity index is 1.90. The first-order valence-electron chi connectivity index (χ1n) is 7.11. The summed E-state index contributed by atoms with van der Waals surface area (Å²) in [5, 5.41) is 9.23. The number of likely N-dealkylation sites (tertiary alicyclic amines) is 1. The van der Waals surface area contributed by atoms with Crippen LogP contribution < -0.4 is 0 Å². The van der Waals surface area contributed by atoms with Gasteiger partial charge in [0, 0.05) is 26.2 Å². The fourth-order valence-electron chi connectivity index (χ4n) is 3.23. The summed E-state index contributed by atoms with van der Waals surface area (Å²) in [6, 6.07) is 0. The van der Waals surface area contributed by atoms with Crippen LogP contribution in [-0.2, 0) is 14.8 Å². The third-order valence-corrected chi connectivity index (χ3v) is 5.81. The molecule has 2 fully saturated rings. The lowest BCUT2D eigenvalue weighted by molar-refractivity contribution is -0.147. The predicted molar refractivity (Wildman–Crippen MR) is 75.9 cm³/mol. The monoisotopic (exact) mass is 304 g/mol. The average Bonchev–Trinajstić information content (AvgIpc) is 2.72. The minimum absolute atomic E-state index is 0.314. The number of aliphatic carboxylic acids is 1. The summed E-state index contributed by atoms with van der Waals surface area (Å²) < 4.78 is 24.7. The SMILES string of the molecule is CC1(C(=O)O)CCN(CC2CCCN(S(C)(=O)=O)C2)C1. The molecule has 7 heteroatoms. The lowest BCUT2D eigenvalue weighted by Crippen LogP contribution is -2.43. The number of rotatable bonds is 4. The summed E-state index contributed by atoms with van der Waals surface area (Å²) >= 11 is 0. The van der Waals surface area contributed by atoms with Gasteiger partial charge in [0.25, 0.3) is 0 Å². The van der Waals surface area contributed by atoms with Crippen molar-refractivity contribution >= 4 is 16.0 Å². The Kier molecular flexibility index (Phi) is 4.41. The number of carboxylic acid groups (broad SMARTS) is 1. The summed E-state index contributed by atoms with van der Waals surface area (Å²) in [4.78, 5) is 13.4. The highest BCUT2D eigenvalue weighted by atomic mass is 32.2. The van der Waals surface area contributed by atoms with Crippen molar-refractivity contribution in [3.8, 4) is 0 Å². The van der Waals surface area contributed by atoms with Gasteiger partial charge in [0.05, 0.1) is 11.7 Å². The zero-order valence-corrected chi connectivity index (χ0v) is 13.0. The topological polar surface area (TPSA) is 77.9 Å². The molecule has 0 aromatic rings. The molecule has 2 heterocycles. The van der Waals surface area contributed by atoms with Crippen LogP contribution in [0.5, 0.6) is 0 Å². The maximum atomic E-state index is 11.6. The summed E-state index contributed by atoms with van der Waals surface area (Å²) in [7, 11) is -3.11. The minimum Gasteiger partial charge on any atom is -0.481 e. The second-order valence-electron chi connectivity index (χ2n) is 6.48. The van der Waals surface area contributed by atoms with Crippen LogP contribution in [-0.4, -0.2) is 67.7 Å². The molecule has 2 atom stereocenters. The Bertz CT molecular complexity index is 479. The zero-order chi connectivity index (χ0) is 15.0. The minimum atomic E-state index is -3.11. The number of carboxylic acids is 1. The van der Waals surface area contributed by atoms with Gasteiger partial charge < -0.3 is 10.0 Å². The number of hydrogen-bond donors (Lipinski definition) is 1. The van der Waals surface area contributed by atoms with Crippen LogP contribution in [0.15, 0.2) is 0 Å². The number of sulfonamides is 1. The standard InChI is InChI=1S/C13H24N2O4S/c1-13(12(16)17)5-7-14(10-13)8-11-4-3-6-15(9-11)20(2,18)19/h11H,3-10H2,1-2H3,(H,16,17). The van der Waals surface area contributed by atoms with Gasteiger partial charge in [-0.2, -0.15) is 0 Å². The van der Waals surface area contributed by atoms with Gasteiger partial charge in [-0.05, 0) is 38.6 Å². The summed E-state index contributed by atoms with van der Waals surface area (Å²) in [5.74, 6) is -0.420. The number of nitrogens with zero attached hydrogens (tertiary/aromatic N) is 2. The lowest BCUT2D eigenvalue weighted by Gasteiger charge is -2.33. The fraction of sp³-hybridized carbons (Fsp3) is 0.923. The van der Waals surface area contributed by atoms with Gasteiger partial charge in [0.2, 0.25) is 10.0 Å². The van der Waals surface area contributed by atoms with E-state index in [2.05, 4.69) is 4.90 Å². The van der Waals surface area contributed by atoms with Crippen LogP contribution in [0.1, 0.15) is 26.2 Å². The van der Waals surface area contributed by atoms with Gasteiger partial charge in [0.1, 0.15) is 0 Å². The van der Waals surface area contributed by atoms with E-state index < -0.39 is 21.4 Å².